The Bertz CT molecular complexity index is 1160. The summed E-state index contributed by atoms with van der Waals surface area (Å²) in [5, 5.41) is 0.554. The van der Waals surface area contributed by atoms with Crippen molar-refractivity contribution in [3.05, 3.63) is 53.6 Å². The number of aryl methyl sites for hydroxylation is 1. The predicted octanol–water partition coefficient (Wildman–Crippen LogP) is 3.83. The van der Waals surface area contributed by atoms with E-state index < -0.39 is 9.84 Å². The summed E-state index contributed by atoms with van der Waals surface area (Å²) in [6, 6.07) is 12.2. The van der Waals surface area contributed by atoms with Crippen LogP contribution in [-0.2, 0) is 14.6 Å². The largest absolute Gasteiger partial charge is 0.376 e. The maximum Gasteiger partial charge on any atom is 0.261 e. The second kappa shape index (κ2) is 7.85. The summed E-state index contributed by atoms with van der Waals surface area (Å²) in [7, 11) is -3.55. The number of ether oxygens (including phenoxy) is 1. The van der Waals surface area contributed by atoms with E-state index in [-0.39, 0.29) is 22.5 Å². The van der Waals surface area contributed by atoms with Crippen LogP contribution in [0, 0.1) is 6.92 Å². The fourth-order valence-electron chi connectivity index (χ4n) is 3.54. The number of sulfone groups is 1. The number of rotatable bonds is 5. The average Bonchev–Trinajstić information content (AvgIpc) is 3.35. The number of fused-ring (bicyclic) bond motifs is 1. The Hall–Kier alpha value is -2.29. The quantitative estimate of drug-likeness (QED) is 0.615. The van der Waals surface area contributed by atoms with Crippen LogP contribution in [0.2, 0.25) is 0 Å². The van der Waals surface area contributed by atoms with Crippen molar-refractivity contribution in [3.8, 4) is 0 Å². The molecule has 0 spiro atoms. The molecule has 0 radical (unpaired) electrons. The number of para-hydroxylation sites is 1. The zero-order valence-corrected chi connectivity index (χ0v) is 17.9. The van der Waals surface area contributed by atoms with Crippen molar-refractivity contribution in [2.24, 2.45) is 0 Å². The fraction of sp³-hybridized carbons (Fsp3) is 0.333. The number of benzene rings is 2. The molecule has 3 aromatic rings. The Morgan fingerprint density at radius 1 is 1.24 bits per heavy atom. The highest BCUT2D eigenvalue weighted by Crippen LogP contribution is 2.33. The number of anilines is 1. The van der Waals surface area contributed by atoms with E-state index in [2.05, 4.69) is 0 Å². The fourth-order valence-corrected chi connectivity index (χ4v) is 5.47. The van der Waals surface area contributed by atoms with Crippen LogP contribution in [0.3, 0.4) is 0 Å². The molecule has 4 rings (SSSR count). The third-order valence-electron chi connectivity index (χ3n) is 5.01. The zero-order valence-electron chi connectivity index (χ0n) is 16.3. The first-order valence-corrected chi connectivity index (χ1v) is 12.1. The van der Waals surface area contributed by atoms with Crippen LogP contribution in [0.5, 0.6) is 0 Å². The molecule has 1 aliphatic rings. The molecule has 0 N–H and O–H groups in total. The second-order valence-electron chi connectivity index (χ2n) is 7.24. The van der Waals surface area contributed by atoms with Crippen molar-refractivity contribution >= 4 is 42.4 Å². The molecule has 152 valence electrons. The third kappa shape index (κ3) is 4.05. The van der Waals surface area contributed by atoms with Crippen molar-refractivity contribution in [2.75, 3.05) is 24.3 Å². The standard InChI is InChI=1S/C21H22N2O4S2/c1-14-7-5-10-17-19(14)22-21(28-17)23(13-15-8-6-12-27-15)20(24)16-9-3-4-11-18(16)29(2,25)26/h3-5,7,9-11,15H,6,8,12-13H2,1-2H3. The molecular formula is C21H22N2O4S2. The molecule has 0 bridgehead atoms. The predicted molar refractivity (Wildman–Crippen MR) is 115 cm³/mol. The molecule has 1 aliphatic heterocycles. The maximum absolute atomic E-state index is 13.5. The lowest BCUT2D eigenvalue weighted by molar-refractivity contribution is 0.0915. The zero-order chi connectivity index (χ0) is 20.6. The van der Waals surface area contributed by atoms with Crippen LogP contribution in [-0.4, -0.2) is 44.8 Å². The molecule has 29 heavy (non-hydrogen) atoms. The van der Waals surface area contributed by atoms with Crippen molar-refractivity contribution in [2.45, 2.75) is 30.8 Å². The number of carbonyl (C=O) groups excluding carboxylic acids is 1. The van der Waals surface area contributed by atoms with Crippen LogP contribution in [0.4, 0.5) is 5.13 Å². The van der Waals surface area contributed by atoms with Gasteiger partial charge in [0.15, 0.2) is 15.0 Å². The average molecular weight is 431 g/mol. The molecule has 2 heterocycles. The summed E-state index contributed by atoms with van der Waals surface area (Å²) < 4.78 is 31.2. The van der Waals surface area contributed by atoms with E-state index in [0.717, 1.165) is 34.9 Å². The smallest absolute Gasteiger partial charge is 0.261 e. The Morgan fingerprint density at radius 3 is 2.72 bits per heavy atom. The molecule has 6 nitrogen and oxygen atoms in total. The molecule has 1 aromatic heterocycles. The Kier molecular flexibility index (Phi) is 5.42. The van der Waals surface area contributed by atoms with Gasteiger partial charge in [-0.1, -0.05) is 35.6 Å². The lowest BCUT2D eigenvalue weighted by Crippen LogP contribution is -2.38. The van der Waals surface area contributed by atoms with E-state index in [4.69, 9.17) is 9.72 Å². The summed E-state index contributed by atoms with van der Waals surface area (Å²) in [6.07, 6.45) is 2.84. The van der Waals surface area contributed by atoms with Gasteiger partial charge in [-0.25, -0.2) is 13.4 Å². The van der Waals surface area contributed by atoms with Gasteiger partial charge >= 0.3 is 0 Å². The summed E-state index contributed by atoms with van der Waals surface area (Å²) in [5.41, 5.74) is 2.05. The number of hydrogen-bond donors (Lipinski definition) is 0. The van der Waals surface area contributed by atoms with Gasteiger partial charge in [-0.15, -0.1) is 0 Å². The molecule has 1 amide bonds. The first kappa shape index (κ1) is 20.0. The molecule has 1 atom stereocenters. The lowest BCUT2D eigenvalue weighted by Gasteiger charge is -2.24. The second-order valence-corrected chi connectivity index (χ2v) is 10.2. The van der Waals surface area contributed by atoms with E-state index >= 15 is 0 Å². The highest BCUT2D eigenvalue weighted by molar-refractivity contribution is 7.90. The molecule has 8 heteroatoms. The van der Waals surface area contributed by atoms with Gasteiger partial charge in [0.2, 0.25) is 0 Å². The number of amides is 1. The van der Waals surface area contributed by atoms with Gasteiger partial charge in [-0.05, 0) is 43.5 Å². The van der Waals surface area contributed by atoms with Crippen molar-refractivity contribution in [3.63, 3.8) is 0 Å². The highest BCUT2D eigenvalue weighted by Gasteiger charge is 2.29. The summed E-state index contributed by atoms with van der Waals surface area (Å²) >= 11 is 1.43. The molecule has 1 unspecified atom stereocenters. The van der Waals surface area contributed by atoms with E-state index in [0.29, 0.717) is 18.3 Å². The number of nitrogens with zero attached hydrogens (tertiary/aromatic N) is 2. The number of thiazole rings is 1. The molecule has 1 fully saturated rings. The van der Waals surface area contributed by atoms with Crippen molar-refractivity contribution < 1.29 is 17.9 Å². The molecule has 0 saturated carbocycles. The topological polar surface area (TPSA) is 76.6 Å². The maximum atomic E-state index is 13.5. The third-order valence-corrected chi connectivity index (χ3v) is 7.21. The van der Waals surface area contributed by atoms with E-state index in [1.807, 2.05) is 25.1 Å². The van der Waals surface area contributed by atoms with Gasteiger partial charge in [0.25, 0.3) is 5.91 Å². The minimum Gasteiger partial charge on any atom is -0.376 e. The Labute approximate surface area is 174 Å². The number of carbonyl (C=O) groups is 1. The van der Waals surface area contributed by atoms with Crippen molar-refractivity contribution in [1.82, 2.24) is 4.98 Å². The Balaban J connectivity index is 1.80. The summed E-state index contributed by atoms with van der Waals surface area (Å²) in [5.74, 6) is -0.377. The first-order valence-electron chi connectivity index (χ1n) is 9.43. The molecule has 0 aliphatic carbocycles. The SMILES string of the molecule is Cc1cccc2sc(N(CC3CCCO3)C(=O)c3ccccc3S(C)(=O)=O)nc12. The van der Waals surface area contributed by atoms with Crippen LogP contribution in [0.15, 0.2) is 47.4 Å². The number of hydrogen-bond acceptors (Lipinski definition) is 6. The van der Waals surface area contributed by atoms with Crippen LogP contribution >= 0.6 is 11.3 Å². The van der Waals surface area contributed by atoms with E-state index in [1.54, 1.807) is 23.1 Å². The molecule has 2 aromatic carbocycles. The lowest BCUT2D eigenvalue weighted by atomic mass is 10.1. The summed E-state index contributed by atoms with van der Waals surface area (Å²) in [6.45, 7) is 3.00. The normalized spacial score (nSPS) is 17.0. The van der Waals surface area contributed by atoms with Gasteiger partial charge in [-0.3, -0.25) is 9.69 Å². The van der Waals surface area contributed by atoms with Gasteiger partial charge in [0, 0.05) is 12.9 Å². The number of aromatic nitrogens is 1. The minimum atomic E-state index is -3.55. The van der Waals surface area contributed by atoms with E-state index in [9.17, 15) is 13.2 Å². The van der Waals surface area contributed by atoms with Gasteiger partial charge < -0.3 is 4.74 Å². The van der Waals surface area contributed by atoms with Gasteiger partial charge in [-0.2, -0.15) is 0 Å². The Morgan fingerprint density at radius 2 is 2.03 bits per heavy atom. The minimum absolute atomic E-state index is 0.0274. The molecule has 1 saturated heterocycles. The molecular weight excluding hydrogens is 408 g/mol. The highest BCUT2D eigenvalue weighted by atomic mass is 32.2. The monoisotopic (exact) mass is 430 g/mol. The van der Waals surface area contributed by atoms with E-state index in [1.165, 1.54) is 17.4 Å². The van der Waals surface area contributed by atoms with Crippen LogP contribution < -0.4 is 4.90 Å². The van der Waals surface area contributed by atoms with Crippen LogP contribution in [0.1, 0.15) is 28.8 Å². The van der Waals surface area contributed by atoms with Crippen LogP contribution in [0.25, 0.3) is 10.2 Å². The van der Waals surface area contributed by atoms with Gasteiger partial charge in [0.05, 0.1) is 33.3 Å². The first-order chi connectivity index (χ1) is 13.8. The van der Waals surface area contributed by atoms with Gasteiger partial charge in [0.1, 0.15) is 0 Å². The summed E-state index contributed by atoms with van der Waals surface area (Å²) in [4.78, 5) is 19.8. The van der Waals surface area contributed by atoms with Crippen molar-refractivity contribution in [1.29, 1.82) is 0 Å².